The first kappa shape index (κ1) is 11.0. The van der Waals surface area contributed by atoms with Crippen molar-refractivity contribution in [1.29, 1.82) is 0 Å². The van der Waals surface area contributed by atoms with E-state index in [1.54, 1.807) is 12.4 Å². The number of rotatable bonds is 4. The van der Waals surface area contributed by atoms with Crippen LogP contribution in [0.1, 0.15) is 5.56 Å². The van der Waals surface area contributed by atoms with Gasteiger partial charge in [0.05, 0.1) is 0 Å². The molecular formula is C11H12N4S. The summed E-state index contributed by atoms with van der Waals surface area (Å²) in [6.07, 6.45) is 7.98. The second-order valence-corrected chi connectivity index (χ2v) is 4.24. The number of pyridine rings is 1. The molecule has 5 heteroatoms. The molecule has 2 aromatic rings. The molecule has 0 fully saturated rings. The van der Waals surface area contributed by atoms with Gasteiger partial charge in [-0.05, 0) is 42.4 Å². The van der Waals surface area contributed by atoms with Crippen LogP contribution in [-0.4, -0.2) is 21.5 Å². The Hall–Kier alpha value is -1.46. The van der Waals surface area contributed by atoms with Gasteiger partial charge >= 0.3 is 0 Å². The Balaban J connectivity index is 2.05. The van der Waals surface area contributed by atoms with Crippen LogP contribution < -0.4 is 5.73 Å². The van der Waals surface area contributed by atoms with E-state index in [9.17, 15) is 0 Å². The summed E-state index contributed by atoms with van der Waals surface area (Å²) in [4.78, 5) is 13.6. The highest BCUT2D eigenvalue weighted by Crippen LogP contribution is 2.22. The first-order valence-corrected chi connectivity index (χ1v) is 5.79. The molecule has 2 heterocycles. The number of nitrogens with two attached hydrogens (primary N) is 1. The molecule has 0 aliphatic heterocycles. The largest absolute Gasteiger partial charge is 0.330 e. The van der Waals surface area contributed by atoms with E-state index in [1.165, 1.54) is 11.8 Å². The van der Waals surface area contributed by atoms with Crippen molar-refractivity contribution in [2.45, 2.75) is 16.5 Å². The lowest BCUT2D eigenvalue weighted by atomic mass is 10.2. The molecule has 0 radical (unpaired) electrons. The minimum atomic E-state index is 0.625. The Bertz CT molecular complexity index is 429. The third kappa shape index (κ3) is 3.01. The van der Waals surface area contributed by atoms with Gasteiger partial charge in [-0.1, -0.05) is 0 Å². The average molecular weight is 232 g/mol. The van der Waals surface area contributed by atoms with Gasteiger partial charge in [-0.15, -0.1) is 0 Å². The minimum Gasteiger partial charge on any atom is -0.330 e. The van der Waals surface area contributed by atoms with Gasteiger partial charge in [-0.3, -0.25) is 4.98 Å². The molecule has 0 atom stereocenters. The summed E-state index contributed by atoms with van der Waals surface area (Å²) in [7, 11) is 0. The highest BCUT2D eigenvalue weighted by molar-refractivity contribution is 7.99. The number of hydrogen-bond acceptors (Lipinski definition) is 5. The Morgan fingerprint density at radius 2 is 1.81 bits per heavy atom. The van der Waals surface area contributed by atoms with Crippen LogP contribution in [0.25, 0.3) is 0 Å². The zero-order valence-corrected chi connectivity index (χ0v) is 9.52. The van der Waals surface area contributed by atoms with Crippen molar-refractivity contribution in [3.05, 3.63) is 42.5 Å². The van der Waals surface area contributed by atoms with Gasteiger partial charge in [0.25, 0.3) is 0 Å². The van der Waals surface area contributed by atoms with Crippen molar-refractivity contribution in [3.8, 4) is 0 Å². The summed E-state index contributed by atoms with van der Waals surface area (Å²) in [6, 6.07) is 3.86. The van der Waals surface area contributed by atoms with Crippen LogP contribution in [0.5, 0.6) is 0 Å². The van der Waals surface area contributed by atoms with E-state index in [4.69, 9.17) is 5.73 Å². The third-order valence-corrected chi connectivity index (χ3v) is 2.87. The summed E-state index contributed by atoms with van der Waals surface area (Å²) < 4.78 is 0. The average Bonchev–Trinajstić information content (AvgIpc) is 2.33. The predicted molar refractivity (Wildman–Crippen MR) is 63.2 cm³/mol. The lowest BCUT2D eigenvalue weighted by Crippen LogP contribution is -2.03. The molecule has 82 valence electrons. The Labute approximate surface area is 98.3 Å². The van der Waals surface area contributed by atoms with E-state index >= 15 is 0 Å². The molecule has 4 nitrogen and oxygen atoms in total. The molecule has 2 rings (SSSR count). The van der Waals surface area contributed by atoms with E-state index < -0.39 is 0 Å². The second-order valence-electron chi connectivity index (χ2n) is 3.20. The topological polar surface area (TPSA) is 64.7 Å². The van der Waals surface area contributed by atoms with Crippen LogP contribution >= 0.6 is 11.8 Å². The molecule has 16 heavy (non-hydrogen) atoms. The molecule has 0 saturated carbocycles. The maximum atomic E-state index is 5.45. The van der Waals surface area contributed by atoms with E-state index in [0.29, 0.717) is 6.54 Å². The fourth-order valence-corrected chi connectivity index (χ4v) is 1.88. The van der Waals surface area contributed by atoms with Gasteiger partial charge in [0.2, 0.25) is 0 Å². The van der Waals surface area contributed by atoms with Crippen LogP contribution in [0.4, 0.5) is 0 Å². The van der Waals surface area contributed by atoms with Crippen molar-refractivity contribution in [1.82, 2.24) is 15.0 Å². The van der Waals surface area contributed by atoms with Crippen LogP contribution in [0.2, 0.25) is 0 Å². The van der Waals surface area contributed by atoms with Gasteiger partial charge in [0, 0.05) is 29.7 Å². The maximum Gasteiger partial charge on any atom is 0.192 e. The van der Waals surface area contributed by atoms with Gasteiger partial charge in [-0.2, -0.15) is 0 Å². The molecule has 0 amide bonds. The maximum absolute atomic E-state index is 5.45. The number of nitrogens with zero attached hydrogens (tertiary/aromatic N) is 3. The van der Waals surface area contributed by atoms with Crippen LogP contribution in [0, 0.1) is 0 Å². The van der Waals surface area contributed by atoms with Crippen LogP contribution in [-0.2, 0) is 6.42 Å². The van der Waals surface area contributed by atoms with Gasteiger partial charge in [0.1, 0.15) is 0 Å². The second kappa shape index (κ2) is 5.58. The number of hydrogen-bond donors (Lipinski definition) is 1. The summed E-state index contributed by atoms with van der Waals surface area (Å²) in [5.41, 5.74) is 6.53. The molecule has 0 aliphatic carbocycles. The molecule has 0 bridgehead atoms. The quantitative estimate of drug-likeness (QED) is 0.810. The summed E-state index contributed by atoms with van der Waals surface area (Å²) in [5.74, 6) is 0. The van der Waals surface area contributed by atoms with E-state index in [0.717, 1.165) is 22.0 Å². The van der Waals surface area contributed by atoms with E-state index in [-0.39, 0.29) is 0 Å². The van der Waals surface area contributed by atoms with Gasteiger partial charge in [-0.25, -0.2) is 9.97 Å². The predicted octanol–water partition coefficient (Wildman–Crippen LogP) is 1.52. The van der Waals surface area contributed by atoms with Crippen molar-refractivity contribution in [2.24, 2.45) is 5.73 Å². The van der Waals surface area contributed by atoms with Crippen molar-refractivity contribution >= 4 is 11.8 Å². The fourth-order valence-electron chi connectivity index (χ4n) is 1.20. The van der Waals surface area contributed by atoms with Gasteiger partial charge in [0.15, 0.2) is 5.16 Å². The zero-order chi connectivity index (χ0) is 11.2. The normalized spacial score (nSPS) is 10.3. The van der Waals surface area contributed by atoms with Crippen LogP contribution in [0.15, 0.2) is 47.0 Å². The van der Waals surface area contributed by atoms with Crippen molar-refractivity contribution < 1.29 is 0 Å². The molecule has 0 spiro atoms. The standard InChI is InChI=1S/C11H12N4S/c12-4-1-9-7-14-11(15-8-9)16-10-2-5-13-6-3-10/h2-3,5-8H,1,4,12H2. The van der Waals surface area contributed by atoms with Crippen LogP contribution in [0.3, 0.4) is 0 Å². The van der Waals surface area contributed by atoms with Gasteiger partial charge < -0.3 is 5.73 Å². The fraction of sp³-hybridized carbons (Fsp3) is 0.182. The molecule has 2 N–H and O–H groups in total. The smallest absolute Gasteiger partial charge is 0.192 e. The molecule has 2 aromatic heterocycles. The minimum absolute atomic E-state index is 0.625. The molecule has 0 aromatic carbocycles. The first-order chi connectivity index (χ1) is 7.88. The summed E-state index contributed by atoms with van der Waals surface area (Å²) in [6.45, 7) is 0.625. The Kier molecular flexibility index (Phi) is 3.85. The monoisotopic (exact) mass is 232 g/mol. The first-order valence-electron chi connectivity index (χ1n) is 4.97. The summed E-state index contributed by atoms with van der Waals surface area (Å²) in [5, 5.41) is 0.743. The molecule has 0 aliphatic rings. The number of aromatic nitrogens is 3. The molecule has 0 saturated heterocycles. The highest BCUT2D eigenvalue weighted by Gasteiger charge is 2.00. The zero-order valence-electron chi connectivity index (χ0n) is 8.71. The summed E-state index contributed by atoms with van der Waals surface area (Å²) >= 11 is 1.52. The molecule has 0 unspecified atom stereocenters. The van der Waals surface area contributed by atoms with Crippen molar-refractivity contribution in [2.75, 3.05) is 6.54 Å². The third-order valence-electron chi connectivity index (χ3n) is 1.97. The lowest BCUT2D eigenvalue weighted by molar-refractivity contribution is 0.890. The Morgan fingerprint density at radius 1 is 1.12 bits per heavy atom. The van der Waals surface area contributed by atoms with Crippen molar-refractivity contribution in [3.63, 3.8) is 0 Å². The highest BCUT2D eigenvalue weighted by atomic mass is 32.2. The molecular weight excluding hydrogens is 220 g/mol. The SMILES string of the molecule is NCCc1cnc(Sc2ccncc2)nc1. The van der Waals surface area contributed by atoms with E-state index in [1.807, 2.05) is 24.5 Å². The lowest BCUT2D eigenvalue weighted by Gasteiger charge is -2.00. The van der Waals surface area contributed by atoms with E-state index in [2.05, 4.69) is 15.0 Å². The Morgan fingerprint density at radius 3 is 2.44 bits per heavy atom.